The summed E-state index contributed by atoms with van der Waals surface area (Å²) in [5, 5.41) is 15.4. The van der Waals surface area contributed by atoms with Gasteiger partial charge in [0.05, 0.1) is 0 Å². The third-order valence-electron chi connectivity index (χ3n) is 5.82. The van der Waals surface area contributed by atoms with Gasteiger partial charge in [-0.25, -0.2) is 4.79 Å². The molecule has 1 aliphatic heterocycles. The number of urea groups is 1. The number of phenols is 1. The van der Waals surface area contributed by atoms with Crippen molar-refractivity contribution in [3.8, 4) is 5.75 Å². The van der Waals surface area contributed by atoms with Gasteiger partial charge in [-0.15, -0.1) is 0 Å². The quantitative estimate of drug-likeness (QED) is 0.646. The number of amides is 2. The zero-order valence-electron chi connectivity index (χ0n) is 18.3. The maximum absolute atomic E-state index is 12.4. The van der Waals surface area contributed by atoms with E-state index in [0.717, 1.165) is 62.4 Å². The summed E-state index contributed by atoms with van der Waals surface area (Å²) in [6, 6.07) is 13.3. The Bertz CT molecular complexity index is 830. The van der Waals surface area contributed by atoms with Crippen molar-refractivity contribution in [3.05, 3.63) is 53.6 Å². The fourth-order valence-electron chi connectivity index (χ4n) is 3.81. The minimum Gasteiger partial charge on any atom is -0.508 e. The predicted molar refractivity (Wildman–Crippen MR) is 124 cm³/mol. The van der Waals surface area contributed by atoms with E-state index in [1.807, 2.05) is 32.0 Å². The summed E-state index contributed by atoms with van der Waals surface area (Å²) < 4.78 is 0. The first-order valence-electron chi connectivity index (χ1n) is 10.9. The summed E-state index contributed by atoms with van der Waals surface area (Å²) in [6.07, 6.45) is 1.68. The summed E-state index contributed by atoms with van der Waals surface area (Å²) in [5.41, 5.74) is 4.27. The van der Waals surface area contributed by atoms with Crippen LogP contribution in [0.25, 0.3) is 0 Å². The molecule has 6 heteroatoms. The average Bonchev–Trinajstić information content (AvgIpc) is 2.75. The lowest BCUT2D eigenvalue weighted by Gasteiger charge is -2.35. The van der Waals surface area contributed by atoms with Gasteiger partial charge in [0.2, 0.25) is 0 Å². The van der Waals surface area contributed by atoms with Crippen molar-refractivity contribution in [3.63, 3.8) is 0 Å². The van der Waals surface area contributed by atoms with Gasteiger partial charge in [0.15, 0.2) is 0 Å². The zero-order valence-corrected chi connectivity index (χ0v) is 18.3. The SMILES string of the molecule is CCN1CCN(c2ccc(NC(=O)N[C@@H](C)CCc3ccc(O)cc3)c(C)c2)CC1. The summed E-state index contributed by atoms with van der Waals surface area (Å²) in [5.74, 6) is 0.272. The van der Waals surface area contributed by atoms with E-state index in [1.165, 1.54) is 5.69 Å². The molecule has 1 aliphatic rings. The first kappa shape index (κ1) is 22.0. The molecule has 0 bridgehead atoms. The molecular weight excluding hydrogens is 376 g/mol. The van der Waals surface area contributed by atoms with Crippen molar-refractivity contribution in [1.29, 1.82) is 0 Å². The fourth-order valence-corrected chi connectivity index (χ4v) is 3.81. The summed E-state index contributed by atoms with van der Waals surface area (Å²) in [4.78, 5) is 17.3. The number of piperazine rings is 1. The Balaban J connectivity index is 1.48. The van der Waals surface area contributed by atoms with E-state index >= 15 is 0 Å². The highest BCUT2D eigenvalue weighted by atomic mass is 16.3. The second-order valence-electron chi connectivity index (χ2n) is 8.13. The van der Waals surface area contributed by atoms with Gasteiger partial charge in [-0.3, -0.25) is 0 Å². The van der Waals surface area contributed by atoms with Gasteiger partial charge >= 0.3 is 6.03 Å². The maximum atomic E-state index is 12.4. The third kappa shape index (κ3) is 6.13. The molecule has 0 aliphatic carbocycles. The van der Waals surface area contributed by atoms with Gasteiger partial charge in [0.1, 0.15) is 5.75 Å². The molecule has 1 saturated heterocycles. The minimum atomic E-state index is -0.180. The van der Waals surface area contributed by atoms with Crippen molar-refractivity contribution >= 4 is 17.4 Å². The normalized spacial score (nSPS) is 15.6. The molecule has 0 aromatic heterocycles. The Labute approximate surface area is 179 Å². The lowest BCUT2D eigenvalue weighted by molar-refractivity contribution is 0.248. The predicted octanol–water partition coefficient (Wildman–Crippen LogP) is 3.99. The van der Waals surface area contributed by atoms with E-state index in [9.17, 15) is 9.90 Å². The van der Waals surface area contributed by atoms with Crippen LogP contribution in [-0.4, -0.2) is 54.8 Å². The molecule has 1 atom stereocenters. The molecule has 0 radical (unpaired) electrons. The summed E-state index contributed by atoms with van der Waals surface area (Å²) in [7, 11) is 0. The highest BCUT2D eigenvalue weighted by Gasteiger charge is 2.17. The second kappa shape index (κ2) is 10.3. The number of benzene rings is 2. The number of nitrogens with zero attached hydrogens (tertiary/aromatic N) is 2. The molecular formula is C24H34N4O2. The fraction of sp³-hybridized carbons (Fsp3) is 0.458. The Morgan fingerprint density at radius 3 is 2.43 bits per heavy atom. The molecule has 0 unspecified atom stereocenters. The number of anilines is 2. The van der Waals surface area contributed by atoms with Crippen molar-refractivity contribution < 1.29 is 9.90 Å². The molecule has 1 heterocycles. The number of aryl methyl sites for hydroxylation is 2. The van der Waals surface area contributed by atoms with E-state index in [-0.39, 0.29) is 17.8 Å². The van der Waals surface area contributed by atoms with E-state index in [2.05, 4.69) is 39.5 Å². The molecule has 2 aromatic carbocycles. The molecule has 3 rings (SSSR count). The van der Waals surface area contributed by atoms with Crippen molar-refractivity contribution in [2.45, 2.75) is 39.7 Å². The Kier molecular flexibility index (Phi) is 7.57. The largest absolute Gasteiger partial charge is 0.508 e. The van der Waals surface area contributed by atoms with Crippen LogP contribution < -0.4 is 15.5 Å². The first-order valence-corrected chi connectivity index (χ1v) is 10.9. The van der Waals surface area contributed by atoms with Crippen LogP contribution in [0.1, 0.15) is 31.4 Å². The molecule has 2 amide bonds. The summed E-state index contributed by atoms with van der Waals surface area (Å²) in [6.45, 7) is 11.6. The van der Waals surface area contributed by atoms with Crippen LogP contribution in [0, 0.1) is 6.92 Å². The number of aromatic hydroxyl groups is 1. The molecule has 30 heavy (non-hydrogen) atoms. The van der Waals surface area contributed by atoms with Crippen LogP contribution >= 0.6 is 0 Å². The van der Waals surface area contributed by atoms with E-state index in [1.54, 1.807) is 12.1 Å². The first-order chi connectivity index (χ1) is 14.4. The van der Waals surface area contributed by atoms with Gasteiger partial charge in [-0.1, -0.05) is 19.1 Å². The molecule has 0 spiro atoms. The number of hydrogen-bond acceptors (Lipinski definition) is 4. The lowest BCUT2D eigenvalue weighted by atomic mass is 10.1. The van der Waals surface area contributed by atoms with Crippen molar-refractivity contribution in [2.24, 2.45) is 0 Å². The van der Waals surface area contributed by atoms with Gasteiger partial charge in [0, 0.05) is 43.6 Å². The van der Waals surface area contributed by atoms with E-state index < -0.39 is 0 Å². The summed E-state index contributed by atoms with van der Waals surface area (Å²) >= 11 is 0. The monoisotopic (exact) mass is 410 g/mol. The Morgan fingerprint density at radius 2 is 1.80 bits per heavy atom. The number of phenolic OH excluding ortho intramolecular Hbond substituents is 1. The number of carbonyl (C=O) groups excluding carboxylic acids is 1. The highest BCUT2D eigenvalue weighted by Crippen LogP contribution is 2.24. The third-order valence-corrected chi connectivity index (χ3v) is 5.82. The number of nitrogens with one attached hydrogen (secondary N) is 2. The van der Waals surface area contributed by atoms with E-state index in [0.29, 0.717) is 0 Å². The van der Waals surface area contributed by atoms with Crippen LogP contribution in [0.5, 0.6) is 5.75 Å². The molecule has 2 aromatic rings. The standard InChI is InChI=1S/C24H34N4O2/c1-4-27-13-15-28(16-14-27)21-9-12-23(18(2)17-21)26-24(30)25-19(3)5-6-20-7-10-22(29)11-8-20/h7-12,17,19,29H,4-6,13-16H2,1-3H3,(H2,25,26,30)/t19-/m0/s1. The van der Waals surface area contributed by atoms with Crippen molar-refractivity contribution in [2.75, 3.05) is 42.9 Å². The molecule has 0 saturated carbocycles. The van der Waals surface area contributed by atoms with Crippen LogP contribution in [-0.2, 0) is 6.42 Å². The van der Waals surface area contributed by atoms with Gasteiger partial charge < -0.3 is 25.5 Å². The van der Waals surface area contributed by atoms with Gasteiger partial charge in [0.25, 0.3) is 0 Å². The number of rotatable bonds is 7. The van der Waals surface area contributed by atoms with Crippen molar-refractivity contribution in [1.82, 2.24) is 10.2 Å². The van der Waals surface area contributed by atoms with Gasteiger partial charge in [-0.05, 0) is 74.7 Å². The molecule has 1 fully saturated rings. The van der Waals surface area contributed by atoms with Crippen LogP contribution in [0.2, 0.25) is 0 Å². The maximum Gasteiger partial charge on any atom is 0.319 e. The molecule has 162 valence electrons. The average molecular weight is 411 g/mol. The Hall–Kier alpha value is -2.73. The number of carbonyl (C=O) groups is 1. The topological polar surface area (TPSA) is 67.8 Å². The lowest BCUT2D eigenvalue weighted by Crippen LogP contribution is -2.46. The molecule has 3 N–H and O–H groups in total. The van der Waals surface area contributed by atoms with Crippen LogP contribution in [0.3, 0.4) is 0 Å². The van der Waals surface area contributed by atoms with Gasteiger partial charge in [-0.2, -0.15) is 0 Å². The molecule has 6 nitrogen and oxygen atoms in total. The Morgan fingerprint density at radius 1 is 1.10 bits per heavy atom. The second-order valence-corrected chi connectivity index (χ2v) is 8.13. The highest BCUT2D eigenvalue weighted by molar-refractivity contribution is 5.90. The minimum absolute atomic E-state index is 0.0493. The zero-order chi connectivity index (χ0) is 21.5. The van der Waals surface area contributed by atoms with Crippen LogP contribution in [0.15, 0.2) is 42.5 Å². The number of hydrogen-bond donors (Lipinski definition) is 3. The number of likely N-dealkylation sites (N-methyl/N-ethyl adjacent to an activating group) is 1. The van der Waals surface area contributed by atoms with Crippen LogP contribution in [0.4, 0.5) is 16.2 Å². The van der Waals surface area contributed by atoms with E-state index in [4.69, 9.17) is 0 Å². The smallest absolute Gasteiger partial charge is 0.319 e.